The van der Waals surface area contributed by atoms with Crippen molar-refractivity contribution >= 4 is 5.82 Å². The van der Waals surface area contributed by atoms with E-state index in [1.54, 1.807) is 0 Å². The van der Waals surface area contributed by atoms with Crippen LogP contribution in [0.1, 0.15) is 32.2 Å². The summed E-state index contributed by atoms with van der Waals surface area (Å²) in [6.07, 6.45) is 1.51. The zero-order valence-corrected chi connectivity index (χ0v) is 8.42. The maximum Gasteiger partial charge on any atom is 0.288 e. The van der Waals surface area contributed by atoms with Gasteiger partial charge in [0.2, 0.25) is 0 Å². The van der Waals surface area contributed by atoms with Crippen LogP contribution in [-0.2, 0) is 5.41 Å². The Balaban J connectivity index is 3.29. The first-order valence-electron chi connectivity index (χ1n) is 4.16. The molecule has 3 heteroatoms. The van der Waals surface area contributed by atoms with Crippen molar-refractivity contribution in [2.24, 2.45) is 0 Å². The van der Waals surface area contributed by atoms with Crippen molar-refractivity contribution in [1.29, 1.82) is 0 Å². The first kappa shape index (κ1) is 9.66. The minimum atomic E-state index is -0.0439. The molecular formula is C10H13N3. The van der Waals surface area contributed by atoms with Crippen LogP contribution < -0.4 is 0 Å². The number of aryl methyl sites for hydroxylation is 1. The molecule has 0 fully saturated rings. The van der Waals surface area contributed by atoms with Gasteiger partial charge in [0.25, 0.3) is 5.82 Å². The van der Waals surface area contributed by atoms with Crippen molar-refractivity contribution < 1.29 is 0 Å². The van der Waals surface area contributed by atoms with Crippen molar-refractivity contribution in [3.05, 3.63) is 29.0 Å². The highest BCUT2D eigenvalue weighted by Gasteiger charge is 2.22. The molecule has 0 aliphatic rings. The van der Waals surface area contributed by atoms with Gasteiger partial charge < -0.3 is 4.85 Å². The number of nitrogens with zero attached hydrogens (tertiary/aromatic N) is 3. The summed E-state index contributed by atoms with van der Waals surface area (Å²) in [6.45, 7) is 15.0. The number of hydrogen-bond acceptors (Lipinski definition) is 2. The van der Waals surface area contributed by atoms with Crippen molar-refractivity contribution in [2.75, 3.05) is 0 Å². The highest BCUT2D eigenvalue weighted by molar-refractivity contribution is 5.36. The van der Waals surface area contributed by atoms with E-state index in [9.17, 15) is 0 Å². The molecule has 0 radical (unpaired) electrons. The average molecular weight is 175 g/mol. The summed E-state index contributed by atoms with van der Waals surface area (Å²) >= 11 is 0. The van der Waals surface area contributed by atoms with Crippen molar-refractivity contribution in [1.82, 2.24) is 9.97 Å². The topological polar surface area (TPSA) is 30.1 Å². The smallest absolute Gasteiger partial charge is 0.288 e. The van der Waals surface area contributed by atoms with Crippen molar-refractivity contribution in [3.63, 3.8) is 0 Å². The van der Waals surface area contributed by atoms with E-state index >= 15 is 0 Å². The summed E-state index contributed by atoms with van der Waals surface area (Å²) in [5.41, 5.74) is 1.76. The van der Waals surface area contributed by atoms with Gasteiger partial charge in [-0.25, -0.2) is 0 Å². The van der Waals surface area contributed by atoms with Crippen LogP contribution in [0.15, 0.2) is 6.20 Å². The fraction of sp³-hybridized carbons (Fsp3) is 0.500. The third kappa shape index (κ3) is 2.03. The van der Waals surface area contributed by atoms with Crippen LogP contribution in [0.2, 0.25) is 0 Å². The molecule has 0 atom stereocenters. The fourth-order valence-corrected chi connectivity index (χ4v) is 1.20. The van der Waals surface area contributed by atoms with E-state index < -0.39 is 0 Å². The van der Waals surface area contributed by atoms with Crippen LogP contribution in [0.4, 0.5) is 5.82 Å². The molecule has 0 saturated heterocycles. The zero-order valence-electron chi connectivity index (χ0n) is 8.42. The molecule has 0 aliphatic carbocycles. The molecule has 3 nitrogen and oxygen atoms in total. The van der Waals surface area contributed by atoms with Gasteiger partial charge in [0, 0.05) is 5.41 Å². The number of rotatable bonds is 0. The Morgan fingerprint density at radius 3 is 2.46 bits per heavy atom. The molecule has 1 rings (SSSR count). The Morgan fingerprint density at radius 1 is 1.38 bits per heavy atom. The van der Waals surface area contributed by atoms with Gasteiger partial charge in [0.15, 0.2) is 5.69 Å². The Kier molecular flexibility index (Phi) is 2.33. The zero-order chi connectivity index (χ0) is 10.1. The van der Waals surface area contributed by atoms with Crippen LogP contribution in [0.5, 0.6) is 0 Å². The Bertz CT molecular complexity index is 355. The maximum absolute atomic E-state index is 6.84. The summed E-state index contributed by atoms with van der Waals surface area (Å²) in [6, 6.07) is 0. The lowest BCUT2D eigenvalue weighted by Crippen LogP contribution is -2.16. The predicted molar refractivity (Wildman–Crippen MR) is 51.7 cm³/mol. The molecule has 1 aromatic rings. The molecule has 0 spiro atoms. The molecular weight excluding hydrogens is 162 g/mol. The van der Waals surface area contributed by atoms with E-state index in [0.717, 1.165) is 11.4 Å². The molecule has 68 valence electrons. The molecule has 0 N–H and O–H groups in total. The molecule has 13 heavy (non-hydrogen) atoms. The lowest BCUT2D eigenvalue weighted by molar-refractivity contribution is 0.561. The Labute approximate surface area is 78.7 Å². The summed E-state index contributed by atoms with van der Waals surface area (Å²) in [5, 5.41) is 0. The summed E-state index contributed by atoms with van der Waals surface area (Å²) in [7, 11) is 0. The summed E-state index contributed by atoms with van der Waals surface area (Å²) < 4.78 is 0. The van der Waals surface area contributed by atoms with Crippen LogP contribution in [0.3, 0.4) is 0 Å². The third-order valence-electron chi connectivity index (χ3n) is 1.77. The van der Waals surface area contributed by atoms with Crippen molar-refractivity contribution in [2.45, 2.75) is 33.1 Å². The molecule has 0 aliphatic heterocycles. The molecule has 0 aromatic carbocycles. The number of hydrogen-bond donors (Lipinski definition) is 0. The van der Waals surface area contributed by atoms with Gasteiger partial charge in [-0.15, -0.1) is 4.98 Å². The predicted octanol–water partition coefficient (Wildman–Crippen LogP) is 2.63. The molecule has 1 aromatic heterocycles. The number of aromatic nitrogens is 2. The molecule has 1 heterocycles. The van der Waals surface area contributed by atoms with Gasteiger partial charge in [-0.2, -0.15) is 0 Å². The SMILES string of the molecule is [C-]#[N+]c1cnc(C)c(C(C)(C)C)n1. The van der Waals surface area contributed by atoms with Gasteiger partial charge in [-0.1, -0.05) is 27.3 Å². The fourth-order valence-electron chi connectivity index (χ4n) is 1.20. The summed E-state index contributed by atoms with van der Waals surface area (Å²) in [4.78, 5) is 11.6. The second-order valence-electron chi connectivity index (χ2n) is 4.02. The lowest BCUT2D eigenvalue weighted by Gasteiger charge is -2.15. The largest absolute Gasteiger partial charge is 0.359 e. The van der Waals surface area contributed by atoms with Crippen LogP contribution in [0, 0.1) is 13.5 Å². The average Bonchev–Trinajstić information content (AvgIpc) is 2.03. The van der Waals surface area contributed by atoms with Crippen LogP contribution in [0.25, 0.3) is 4.85 Å². The van der Waals surface area contributed by atoms with Crippen LogP contribution in [-0.4, -0.2) is 9.97 Å². The minimum absolute atomic E-state index is 0.0439. The van der Waals surface area contributed by atoms with Gasteiger partial charge in [0.1, 0.15) is 0 Å². The monoisotopic (exact) mass is 175 g/mol. The Morgan fingerprint density at radius 2 is 2.00 bits per heavy atom. The third-order valence-corrected chi connectivity index (χ3v) is 1.77. The van der Waals surface area contributed by atoms with Crippen molar-refractivity contribution in [3.8, 4) is 0 Å². The normalized spacial score (nSPS) is 11.0. The highest BCUT2D eigenvalue weighted by atomic mass is 14.9. The molecule has 0 unspecified atom stereocenters. The second-order valence-corrected chi connectivity index (χ2v) is 4.02. The van der Waals surface area contributed by atoms with Gasteiger partial charge in [-0.3, -0.25) is 4.98 Å². The standard InChI is InChI=1S/C10H13N3/c1-7-9(10(2,3)4)13-8(11-5)6-12-7/h6H,1-4H3. The summed E-state index contributed by atoms with van der Waals surface area (Å²) in [5.74, 6) is 0.371. The Hall–Kier alpha value is -1.43. The molecule has 0 saturated carbocycles. The quantitative estimate of drug-likeness (QED) is 0.567. The van der Waals surface area contributed by atoms with Crippen LogP contribution >= 0.6 is 0 Å². The van der Waals surface area contributed by atoms with E-state index in [1.165, 1.54) is 6.20 Å². The van der Waals surface area contributed by atoms with Gasteiger partial charge in [-0.05, 0) is 6.92 Å². The second kappa shape index (κ2) is 3.14. The maximum atomic E-state index is 6.84. The molecule has 0 amide bonds. The first-order chi connectivity index (χ1) is 5.95. The highest BCUT2D eigenvalue weighted by Crippen LogP contribution is 2.23. The van der Waals surface area contributed by atoms with E-state index in [1.807, 2.05) is 6.92 Å². The van der Waals surface area contributed by atoms with E-state index in [-0.39, 0.29) is 5.41 Å². The van der Waals surface area contributed by atoms with Gasteiger partial charge >= 0.3 is 0 Å². The van der Waals surface area contributed by atoms with E-state index in [0.29, 0.717) is 5.82 Å². The van der Waals surface area contributed by atoms with Gasteiger partial charge in [0.05, 0.1) is 11.9 Å². The van der Waals surface area contributed by atoms with E-state index in [2.05, 4.69) is 35.6 Å². The lowest BCUT2D eigenvalue weighted by atomic mass is 9.90. The molecule has 0 bridgehead atoms. The van der Waals surface area contributed by atoms with E-state index in [4.69, 9.17) is 6.57 Å². The first-order valence-corrected chi connectivity index (χ1v) is 4.16. The minimum Gasteiger partial charge on any atom is -0.359 e.